The van der Waals surface area contributed by atoms with Gasteiger partial charge in [0.05, 0.1) is 23.5 Å². The zero-order valence-corrected chi connectivity index (χ0v) is 13.8. The molecule has 3 aromatic rings. The van der Waals surface area contributed by atoms with Gasteiger partial charge in [0.25, 0.3) is 5.91 Å². The van der Waals surface area contributed by atoms with E-state index in [-0.39, 0.29) is 11.6 Å². The summed E-state index contributed by atoms with van der Waals surface area (Å²) in [5.74, 6) is -0.343. The molecule has 0 aliphatic carbocycles. The minimum atomic E-state index is -0.343. The number of aromatic nitrogens is 1. The summed E-state index contributed by atoms with van der Waals surface area (Å²) in [7, 11) is 0. The van der Waals surface area contributed by atoms with Crippen molar-refractivity contribution in [3.8, 4) is 6.07 Å². The van der Waals surface area contributed by atoms with E-state index in [9.17, 15) is 4.79 Å². The largest absolute Gasteiger partial charge is 0.354 e. The van der Waals surface area contributed by atoms with Gasteiger partial charge in [-0.15, -0.1) is 0 Å². The monoisotopic (exact) mass is 348 g/mol. The fraction of sp³-hybridized carbons (Fsp3) is 0. The third-order valence-corrected chi connectivity index (χ3v) is 3.59. The summed E-state index contributed by atoms with van der Waals surface area (Å²) >= 11 is 5.95. The van der Waals surface area contributed by atoms with Crippen molar-refractivity contribution in [1.29, 1.82) is 5.26 Å². The predicted molar refractivity (Wildman–Crippen MR) is 98.1 cm³/mol. The van der Waals surface area contributed by atoms with Crippen LogP contribution in [0.5, 0.6) is 0 Å². The van der Waals surface area contributed by atoms with Gasteiger partial charge in [0.2, 0.25) is 0 Å². The SMILES string of the molecule is N#Cc1cccc(NC(=O)c2ccc(Nc3cccc(Cl)c3)cn2)c1. The maximum absolute atomic E-state index is 12.2. The van der Waals surface area contributed by atoms with E-state index in [1.165, 1.54) is 0 Å². The van der Waals surface area contributed by atoms with Crippen molar-refractivity contribution in [2.24, 2.45) is 0 Å². The fourth-order valence-corrected chi connectivity index (χ4v) is 2.39. The summed E-state index contributed by atoms with van der Waals surface area (Å²) in [4.78, 5) is 16.4. The van der Waals surface area contributed by atoms with Gasteiger partial charge in [0, 0.05) is 16.4 Å². The predicted octanol–water partition coefficient (Wildman–Crippen LogP) is 4.60. The number of nitrogens with one attached hydrogen (secondary N) is 2. The van der Waals surface area contributed by atoms with E-state index in [0.29, 0.717) is 16.3 Å². The highest BCUT2D eigenvalue weighted by molar-refractivity contribution is 6.30. The molecule has 0 radical (unpaired) electrons. The Kier molecular flexibility index (Phi) is 4.93. The third kappa shape index (κ3) is 4.34. The van der Waals surface area contributed by atoms with Gasteiger partial charge in [-0.3, -0.25) is 4.79 Å². The summed E-state index contributed by atoms with van der Waals surface area (Å²) in [5, 5.41) is 15.4. The van der Waals surface area contributed by atoms with Crippen LogP contribution in [0.3, 0.4) is 0 Å². The Balaban J connectivity index is 1.69. The van der Waals surface area contributed by atoms with Crippen LogP contribution in [0.4, 0.5) is 17.1 Å². The second kappa shape index (κ2) is 7.47. The first-order valence-electron chi connectivity index (χ1n) is 7.44. The molecule has 0 unspecified atom stereocenters. The maximum atomic E-state index is 12.2. The van der Waals surface area contributed by atoms with Crippen molar-refractivity contribution in [1.82, 2.24) is 4.98 Å². The smallest absolute Gasteiger partial charge is 0.274 e. The number of pyridine rings is 1. The van der Waals surface area contributed by atoms with Gasteiger partial charge in [0.15, 0.2) is 0 Å². The minimum Gasteiger partial charge on any atom is -0.354 e. The molecule has 1 aromatic heterocycles. The molecular formula is C19H13ClN4O. The van der Waals surface area contributed by atoms with Gasteiger partial charge < -0.3 is 10.6 Å². The molecule has 2 aromatic carbocycles. The van der Waals surface area contributed by atoms with E-state index < -0.39 is 0 Å². The van der Waals surface area contributed by atoms with Crippen LogP contribution in [0.2, 0.25) is 5.02 Å². The van der Waals surface area contributed by atoms with E-state index >= 15 is 0 Å². The molecule has 5 nitrogen and oxygen atoms in total. The quantitative estimate of drug-likeness (QED) is 0.722. The van der Waals surface area contributed by atoms with Gasteiger partial charge in [-0.05, 0) is 48.5 Å². The van der Waals surface area contributed by atoms with Crippen molar-refractivity contribution >= 4 is 34.6 Å². The molecule has 0 spiro atoms. The average molecular weight is 349 g/mol. The average Bonchev–Trinajstić information content (AvgIpc) is 2.62. The van der Waals surface area contributed by atoms with Crippen molar-refractivity contribution in [3.05, 3.63) is 83.1 Å². The summed E-state index contributed by atoms with van der Waals surface area (Å²) in [5.41, 5.74) is 2.88. The van der Waals surface area contributed by atoms with Crippen molar-refractivity contribution in [2.45, 2.75) is 0 Å². The fourth-order valence-electron chi connectivity index (χ4n) is 2.20. The van der Waals surface area contributed by atoms with E-state index in [0.717, 1.165) is 11.4 Å². The number of hydrogen-bond donors (Lipinski definition) is 2. The number of halogens is 1. The van der Waals surface area contributed by atoms with Gasteiger partial charge in [-0.1, -0.05) is 23.7 Å². The molecule has 0 aliphatic heterocycles. The second-order valence-corrected chi connectivity index (χ2v) is 5.65. The zero-order chi connectivity index (χ0) is 17.6. The van der Waals surface area contributed by atoms with Crippen LogP contribution >= 0.6 is 11.6 Å². The zero-order valence-electron chi connectivity index (χ0n) is 13.0. The van der Waals surface area contributed by atoms with Crippen LogP contribution < -0.4 is 10.6 Å². The number of nitrogens with zero attached hydrogens (tertiary/aromatic N) is 2. The molecule has 122 valence electrons. The standard InChI is InChI=1S/C19H13ClN4O/c20-14-4-2-6-16(10-14)23-17-7-8-18(22-12-17)19(25)24-15-5-1-3-13(9-15)11-21/h1-10,12,23H,(H,24,25). The highest BCUT2D eigenvalue weighted by atomic mass is 35.5. The lowest BCUT2D eigenvalue weighted by Gasteiger charge is -2.08. The Morgan fingerprint density at radius 2 is 1.80 bits per heavy atom. The molecule has 0 fully saturated rings. The van der Waals surface area contributed by atoms with Crippen LogP contribution in [0, 0.1) is 11.3 Å². The third-order valence-electron chi connectivity index (χ3n) is 3.36. The molecule has 3 rings (SSSR count). The first-order valence-corrected chi connectivity index (χ1v) is 7.82. The maximum Gasteiger partial charge on any atom is 0.274 e. The Bertz CT molecular complexity index is 948. The van der Waals surface area contributed by atoms with Crippen molar-refractivity contribution in [2.75, 3.05) is 10.6 Å². The molecule has 0 saturated carbocycles. The molecule has 2 N–H and O–H groups in total. The van der Waals surface area contributed by atoms with E-state index in [1.54, 1.807) is 54.7 Å². The first-order chi connectivity index (χ1) is 12.1. The lowest BCUT2D eigenvalue weighted by atomic mass is 10.2. The number of anilines is 3. The van der Waals surface area contributed by atoms with Crippen LogP contribution in [0.1, 0.15) is 16.1 Å². The van der Waals surface area contributed by atoms with E-state index in [1.807, 2.05) is 18.2 Å². The van der Waals surface area contributed by atoms with Gasteiger partial charge in [-0.25, -0.2) is 4.98 Å². The number of hydrogen-bond acceptors (Lipinski definition) is 4. The Morgan fingerprint density at radius 3 is 2.52 bits per heavy atom. The normalized spacial score (nSPS) is 9.92. The molecule has 25 heavy (non-hydrogen) atoms. The highest BCUT2D eigenvalue weighted by Crippen LogP contribution is 2.20. The molecule has 0 bridgehead atoms. The van der Waals surface area contributed by atoms with Crippen LogP contribution in [-0.2, 0) is 0 Å². The molecule has 1 amide bonds. The Hall–Kier alpha value is -3.36. The van der Waals surface area contributed by atoms with E-state index in [4.69, 9.17) is 16.9 Å². The number of carbonyl (C=O) groups excluding carboxylic acids is 1. The summed E-state index contributed by atoms with van der Waals surface area (Å²) in [6.45, 7) is 0. The van der Waals surface area contributed by atoms with Crippen molar-refractivity contribution < 1.29 is 4.79 Å². The molecule has 0 atom stereocenters. The number of benzene rings is 2. The molecule has 0 saturated heterocycles. The number of carbonyl (C=O) groups is 1. The second-order valence-electron chi connectivity index (χ2n) is 5.21. The Morgan fingerprint density at radius 1 is 1.00 bits per heavy atom. The summed E-state index contributed by atoms with van der Waals surface area (Å²) in [6.07, 6.45) is 1.57. The number of rotatable bonds is 4. The molecule has 6 heteroatoms. The molecular weight excluding hydrogens is 336 g/mol. The summed E-state index contributed by atoms with van der Waals surface area (Å²) in [6, 6.07) is 19.4. The lowest BCUT2D eigenvalue weighted by Crippen LogP contribution is -2.13. The van der Waals surface area contributed by atoms with Crippen molar-refractivity contribution in [3.63, 3.8) is 0 Å². The lowest BCUT2D eigenvalue weighted by molar-refractivity contribution is 0.102. The van der Waals surface area contributed by atoms with Crippen LogP contribution in [0.15, 0.2) is 66.9 Å². The topological polar surface area (TPSA) is 77.8 Å². The van der Waals surface area contributed by atoms with Gasteiger partial charge >= 0.3 is 0 Å². The minimum absolute atomic E-state index is 0.277. The summed E-state index contributed by atoms with van der Waals surface area (Å²) < 4.78 is 0. The first kappa shape index (κ1) is 16.5. The van der Waals surface area contributed by atoms with E-state index in [2.05, 4.69) is 15.6 Å². The highest BCUT2D eigenvalue weighted by Gasteiger charge is 2.08. The van der Waals surface area contributed by atoms with Gasteiger partial charge in [-0.2, -0.15) is 5.26 Å². The van der Waals surface area contributed by atoms with Gasteiger partial charge in [0.1, 0.15) is 5.69 Å². The number of amides is 1. The molecule has 0 aliphatic rings. The Labute approximate surface area is 149 Å². The van der Waals surface area contributed by atoms with Crippen LogP contribution in [-0.4, -0.2) is 10.9 Å². The van der Waals surface area contributed by atoms with Crippen LogP contribution in [0.25, 0.3) is 0 Å². The molecule has 1 heterocycles. The number of nitriles is 1.